The lowest BCUT2D eigenvalue weighted by molar-refractivity contribution is -0.134. The van der Waals surface area contributed by atoms with E-state index < -0.39 is 0 Å². The van der Waals surface area contributed by atoms with Gasteiger partial charge in [0.15, 0.2) is 5.78 Å². The molecule has 132 valence electrons. The molecule has 1 fully saturated rings. The van der Waals surface area contributed by atoms with Gasteiger partial charge in [-0.05, 0) is 42.5 Å². The molecule has 1 atom stereocenters. The molecule has 1 aliphatic rings. The molecule has 5 heteroatoms. The molecule has 24 heavy (non-hydrogen) atoms. The van der Waals surface area contributed by atoms with Crippen molar-refractivity contribution in [2.24, 2.45) is 11.1 Å². The van der Waals surface area contributed by atoms with E-state index in [0.29, 0.717) is 31.4 Å². The van der Waals surface area contributed by atoms with E-state index in [1.54, 1.807) is 31.4 Å². The summed E-state index contributed by atoms with van der Waals surface area (Å²) in [6, 6.07) is 7.21. The molecule has 1 aromatic carbocycles. The van der Waals surface area contributed by atoms with Crippen molar-refractivity contribution in [3.05, 3.63) is 29.8 Å². The van der Waals surface area contributed by atoms with E-state index in [4.69, 9.17) is 10.5 Å². The van der Waals surface area contributed by atoms with Crippen molar-refractivity contribution >= 4 is 11.7 Å². The lowest BCUT2D eigenvalue weighted by Gasteiger charge is -2.42. The third-order valence-corrected chi connectivity index (χ3v) is 4.87. The minimum absolute atomic E-state index is 0.0488. The number of hydrogen-bond acceptors (Lipinski definition) is 4. The third kappa shape index (κ3) is 4.57. The van der Waals surface area contributed by atoms with E-state index >= 15 is 0 Å². The van der Waals surface area contributed by atoms with Crippen molar-refractivity contribution < 1.29 is 14.3 Å². The fourth-order valence-corrected chi connectivity index (χ4v) is 3.07. The second-order valence-electron chi connectivity index (χ2n) is 7.20. The summed E-state index contributed by atoms with van der Waals surface area (Å²) in [5, 5.41) is 0. The zero-order valence-electron chi connectivity index (χ0n) is 14.9. The topological polar surface area (TPSA) is 72.6 Å². The third-order valence-electron chi connectivity index (χ3n) is 4.87. The minimum atomic E-state index is -0.0488. The van der Waals surface area contributed by atoms with Crippen molar-refractivity contribution in [3.63, 3.8) is 0 Å². The Labute approximate surface area is 144 Å². The predicted molar refractivity (Wildman–Crippen MR) is 94.1 cm³/mol. The maximum atomic E-state index is 12.4. The summed E-state index contributed by atoms with van der Waals surface area (Å²) in [6.07, 6.45) is 2.21. The molecule has 2 N–H and O–H groups in total. The van der Waals surface area contributed by atoms with Crippen LogP contribution in [0.2, 0.25) is 0 Å². The van der Waals surface area contributed by atoms with E-state index in [1.807, 2.05) is 4.90 Å². The van der Waals surface area contributed by atoms with Gasteiger partial charge in [-0.15, -0.1) is 0 Å². The number of rotatable bonds is 6. The van der Waals surface area contributed by atoms with Gasteiger partial charge in [0.25, 0.3) is 0 Å². The van der Waals surface area contributed by atoms with E-state index in [2.05, 4.69) is 13.8 Å². The number of methoxy groups -OCH3 is 1. The molecule has 1 aliphatic heterocycles. The summed E-state index contributed by atoms with van der Waals surface area (Å²) >= 11 is 0. The Hall–Kier alpha value is -1.88. The SMILES string of the molecule is COc1ccc(C(=O)CCCC(=O)N2CCC(N)C(C)(C)C2)cc1. The highest BCUT2D eigenvalue weighted by atomic mass is 16.5. The average molecular weight is 332 g/mol. The van der Waals surface area contributed by atoms with Gasteiger partial charge < -0.3 is 15.4 Å². The Morgan fingerprint density at radius 1 is 1.25 bits per heavy atom. The molecule has 0 aromatic heterocycles. The van der Waals surface area contributed by atoms with Crippen LogP contribution < -0.4 is 10.5 Å². The maximum absolute atomic E-state index is 12.4. The first kappa shape index (κ1) is 18.5. The lowest BCUT2D eigenvalue weighted by atomic mass is 9.79. The first-order valence-electron chi connectivity index (χ1n) is 8.54. The van der Waals surface area contributed by atoms with Crippen LogP contribution in [0.3, 0.4) is 0 Å². The van der Waals surface area contributed by atoms with E-state index in [0.717, 1.165) is 18.7 Å². The lowest BCUT2D eigenvalue weighted by Crippen LogP contribution is -2.53. The first-order valence-corrected chi connectivity index (χ1v) is 8.54. The number of benzene rings is 1. The summed E-state index contributed by atoms with van der Waals surface area (Å²) in [5.41, 5.74) is 6.72. The standard InChI is InChI=1S/C19H28N2O3/c1-19(2)13-21(12-11-17(19)20)18(23)6-4-5-16(22)14-7-9-15(24-3)10-8-14/h7-10,17H,4-6,11-13,20H2,1-3H3. The Morgan fingerprint density at radius 3 is 2.50 bits per heavy atom. The van der Waals surface area contributed by atoms with Crippen LogP contribution in [-0.4, -0.2) is 42.8 Å². The molecule has 1 heterocycles. The number of ketones is 1. The molecule has 0 saturated carbocycles. The Bertz CT molecular complexity index is 581. The fraction of sp³-hybridized carbons (Fsp3) is 0.579. The summed E-state index contributed by atoms with van der Waals surface area (Å²) in [5.74, 6) is 0.914. The molecule has 0 aliphatic carbocycles. The molecular formula is C19H28N2O3. The van der Waals surface area contributed by atoms with Crippen molar-refractivity contribution in [3.8, 4) is 5.75 Å². The van der Waals surface area contributed by atoms with Gasteiger partial charge in [-0.2, -0.15) is 0 Å². The highest BCUT2D eigenvalue weighted by Gasteiger charge is 2.34. The van der Waals surface area contributed by atoms with Crippen LogP contribution in [0.1, 0.15) is 49.9 Å². The number of nitrogens with two attached hydrogens (primary N) is 1. The minimum Gasteiger partial charge on any atom is -0.497 e. The number of nitrogens with zero attached hydrogens (tertiary/aromatic N) is 1. The largest absolute Gasteiger partial charge is 0.497 e. The monoisotopic (exact) mass is 332 g/mol. The van der Waals surface area contributed by atoms with Gasteiger partial charge in [-0.25, -0.2) is 0 Å². The van der Waals surface area contributed by atoms with Crippen LogP contribution in [0.5, 0.6) is 5.75 Å². The molecule has 1 aromatic rings. The summed E-state index contributed by atoms with van der Waals surface area (Å²) < 4.78 is 5.08. The number of Topliss-reactive ketones (excluding diaryl/α,β-unsaturated/α-hetero) is 1. The first-order chi connectivity index (χ1) is 11.3. The van der Waals surface area contributed by atoms with Crippen LogP contribution >= 0.6 is 0 Å². The molecule has 5 nitrogen and oxygen atoms in total. The van der Waals surface area contributed by atoms with E-state index in [-0.39, 0.29) is 23.1 Å². The highest BCUT2D eigenvalue weighted by Crippen LogP contribution is 2.28. The van der Waals surface area contributed by atoms with Crippen LogP contribution in [-0.2, 0) is 4.79 Å². The highest BCUT2D eigenvalue weighted by molar-refractivity contribution is 5.96. The molecule has 1 amide bonds. The van der Waals surface area contributed by atoms with Crippen LogP contribution in [0.15, 0.2) is 24.3 Å². The number of ether oxygens (including phenoxy) is 1. The Balaban J connectivity index is 1.78. The van der Waals surface area contributed by atoms with Gasteiger partial charge >= 0.3 is 0 Å². The maximum Gasteiger partial charge on any atom is 0.222 e. The fourth-order valence-electron chi connectivity index (χ4n) is 3.07. The molecule has 2 rings (SSSR count). The van der Waals surface area contributed by atoms with Gasteiger partial charge in [0.1, 0.15) is 5.75 Å². The zero-order chi connectivity index (χ0) is 17.7. The molecule has 0 radical (unpaired) electrons. The molecule has 0 bridgehead atoms. The number of likely N-dealkylation sites (tertiary alicyclic amines) is 1. The van der Waals surface area contributed by atoms with Crippen molar-refractivity contribution in [1.82, 2.24) is 4.90 Å². The Kier molecular flexibility index (Phi) is 5.99. The second kappa shape index (κ2) is 7.79. The normalized spacial score (nSPS) is 19.8. The molecule has 1 saturated heterocycles. The molecular weight excluding hydrogens is 304 g/mol. The van der Waals surface area contributed by atoms with Crippen molar-refractivity contribution in [2.45, 2.75) is 45.6 Å². The van der Waals surface area contributed by atoms with Crippen LogP contribution in [0, 0.1) is 5.41 Å². The van der Waals surface area contributed by atoms with Gasteiger partial charge in [0, 0.05) is 37.5 Å². The summed E-state index contributed by atoms with van der Waals surface area (Å²) in [7, 11) is 1.59. The number of hydrogen-bond donors (Lipinski definition) is 1. The van der Waals surface area contributed by atoms with Gasteiger partial charge in [0.2, 0.25) is 5.91 Å². The van der Waals surface area contributed by atoms with Crippen molar-refractivity contribution in [2.75, 3.05) is 20.2 Å². The van der Waals surface area contributed by atoms with Gasteiger partial charge in [0.05, 0.1) is 7.11 Å². The number of carbonyl (C=O) groups is 2. The number of amides is 1. The molecule has 0 spiro atoms. The second-order valence-corrected chi connectivity index (χ2v) is 7.20. The number of carbonyl (C=O) groups excluding carboxylic acids is 2. The number of piperidine rings is 1. The zero-order valence-corrected chi connectivity index (χ0v) is 14.9. The smallest absolute Gasteiger partial charge is 0.222 e. The van der Waals surface area contributed by atoms with Crippen LogP contribution in [0.25, 0.3) is 0 Å². The van der Waals surface area contributed by atoms with Gasteiger partial charge in [-0.1, -0.05) is 13.8 Å². The average Bonchev–Trinajstić information content (AvgIpc) is 2.57. The van der Waals surface area contributed by atoms with Crippen LogP contribution in [0.4, 0.5) is 0 Å². The Morgan fingerprint density at radius 2 is 1.92 bits per heavy atom. The van der Waals surface area contributed by atoms with E-state index in [9.17, 15) is 9.59 Å². The predicted octanol–water partition coefficient (Wildman–Crippen LogP) is 2.63. The van der Waals surface area contributed by atoms with E-state index in [1.165, 1.54) is 0 Å². The molecule has 1 unspecified atom stereocenters. The quantitative estimate of drug-likeness (QED) is 0.813. The summed E-state index contributed by atoms with van der Waals surface area (Å²) in [4.78, 5) is 26.4. The van der Waals surface area contributed by atoms with Gasteiger partial charge in [-0.3, -0.25) is 9.59 Å². The van der Waals surface area contributed by atoms with Crippen molar-refractivity contribution in [1.29, 1.82) is 0 Å². The summed E-state index contributed by atoms with van der Waals surface area (Å²) in [6.45, 7) is 5.61.